The molecule has 0 atom stereocenters. The zero-order chi connectivity index (χ0) is 10.3. The predicted molar refractivity (Wildman–Crippen MR) is 56.7 cm³/mol. The molecule has 0 saturated heterocycles. The van der Waals surface area contributed by atoms with Crippen LogP contribution in [0.1, 0.15) is 19.9 Å². The van der Waals surface area contributed by atoms with E-state index in [1.54, 1.807) is 0 Å². The molecule has 0 aliphatic rings. The summed E-state index contributed by atoms with van der Waals surface area (Å²) in [6.07, 6.45) is 1.94. The number of nitrogens with zero attached hydrogens (tertiary/aromatic N) is 3. The molecule has 2 aromatic rings. The van der Waals surface area contributed by atoms with E-state index in [0.717, 1.165) is 11.0 Å². The Morgan fingerprint density at radius 1 is 1.29 bits per heavy atom. The van der Waals surface area contributed by atoms with Gasteiger partial charge < -0.3 is 16.0 Å². The lowest BCUT2D eigenvalue weighted by atomic mass is 10.3. The SMILES string of the molecule is CC(C)n1ccc2c(N)nc(N)nc21. The number of nitrogens with two attached hydrogens (primary N) is 2. The molecule has 5 heteroatoms. The molecule has 2 heterocycles. The maximum atomic E-state index is 5.73. The van der Waals surface area contributed by atoms with Crippen LogP contribution >= 0.6 is 0 Å². The lowest BCUT2D eigenvalue weighted by Gasteiger charge is -2.08. The topological polar surface area (TPSA) is 82.8 Å². The van der Waals surface area contributed by atoms with E-state index in [9.17, 15) is 0 Å². The molecule has 0 aromatic carbocycles. The van der Waals surface area contributed by atoms with Gasteiger partial charge in [0.2, 0.25) is 5.95 Å². The number of fused-ring (bicyclic) bond motifs is 1. The van der Waals surface area contributed by atoms with Gasteiger partial charge in [0, 0.05) is 12.2 Å². The Labute approximate surface area is 81.7 Å². The Hall–Kier alpha value is -1.78. The van der Waals surface area contributed by atoms with E-state index in [2.05, 4.69) is 23.8 Å². The summed E-state index contributed by atoms with van der Waals surface area (Å²) in [7, 11) is 0. The third-order valence-corrected chi connectivity index (χ3v) is 2.18. The first-order valence-corrected chi connectivity index (χ1v) is 4.49. The Bertz CT molecular complexity index is 471. The minimum atomic E-state index is 0.218. The van der Waals surface area contributed by atoms with Crippen LogP contribution in [-0.4, -0.2) is 14.5 Å². The Kier molecular flexibility index (Phi) is 1.80. The van der Waals surface area contributed by atoms with Crippen molar-refractivity contribution in [2.45, 2.75) is 19.9 Å². The Morgan fingerprint density at radius 2 is 2.00 bits per heavy atom. The maximum absolute atomic E-state index is 5.73. The second kappa shape index (κ2) is 2.87. The fourth-order valence-electron chi connectivity index (χ4n) is 1.49. The first-order chi connectivity index (χ1) is 6.59. The number of aromatic nitrogens is 3. The van der Waals surface area contributed by atoms with E-state index in [1.165, 1.54) is 0 Å². The highest BCUT2D eigenvalue weighted by Crippen LogP contribution is 2.22. The summed E-state index contributed by atoms with van der Waals surface area (Å²) in [5, 5.41) is 0.855. The first-order valence-electron chi connectivity index (χ1n) is 4.49. The first kappa shape index (κ1) is 8.80. The van der Waals surface area contributed by atoms with Gasteiger partial charge in [-0.3, -0.25) is 0 Å². The second-order valence-electron chi connectivity index (χ2n) is 3.52. The molecule has 4 N–H and O–H groups in total. The molecule has 0 aliphatic carbocycles. The quantitative estimate of drug-likeness (QED) is 0.709. The summed E-state index contributed by atoms with van der Waals surface area (Å²) >= 11 is 0. The molecule has 0 saturated carbocycles. The van der Waals surface area contributed by atoms with Crippen LogP contribution in [0, 0.1) is 0 Å². The fourth-order valence-corrected chi connectivity index (χ4v) is 1.49. The van der Waals surface area contributed by atoms with Gasteiger partial charge in [0.05, 0.1) is 5.39 Å². The summed E-state index contributed by atoms with van der Waals surface area (Å²) in [6.45, 7) is 4.15. The van der Waals surface area contributed by atoms with Crippen LogP contribution in [0.5, 0.6) is 0 Å². The molecule has 5 nitrogen and oxygen atoms in total. The minimum absolute atomic E-state index is 0.218. The highest BCUT2D eigenvalue weighted by atomic mass is 15.1. The smallest absolute Gasteiger partial charge is 0.223 e. The van der Waals surface area contributed by atoms with Crippen molar-refractivity contribution < 1.29 is 0 Å². The van der Waals surface area contributed by atoms with E-state index in [4.69, 9.17) is 11.5 Å². The summed E-state index contributed by atoms with van der Waals surface area (Å²) in [5.41, 5.74) is 12.1. The van der Waals surface area contributed by atoms with Crippen molar-refractivity contribution in [3.63, 3.8) is 0 Å². The van der Waals surface area contributed by atoms with E-state index >= 15 is 0 Å². The fraction of sp³-hybridized carbons (Fsp3) is 0.333. The molecule has 0 amide bonds. The molecular formula is C9H13N5. The minimum Gasteiger partial charge on any atom is -0.383 e. The van der Waals surface area contributed by atoms with Gasteiger partial charge in [0.1, 0.15) is 11.5 Å². The molecule has 0 bridgehead atoms. The lowest BCUT2D eigenvalue weighted by Crippen LogP contribution is -2.04. The largest absolute Gasteiger partial charge is 0.383 e. The number of hydrogen-bond donors (Lipinski definition) is 2. The van der Waals surface area contributed by atoms with Crippen molar-refractivity contribution in [2.24, 2.45) is 0 Å². The van der Waals surface area contributed by atoms with E-state index < -0.39 is 0 Å². The summed E-state index contributed by atoms with van der Waals surface area (Å²) in [5.74, 6) is 0.655. The molecule has 2 rings (SSSR count). The van der Waals surface area contributed by atoms with Gasteiger partial charge in [-0.05, 0) is 19.9 Å². The normalized spacial score (nSPS) is 11.4. The van der Waals surface area contributed by atoms with Crippen LogP contribution in [0.15, 0.2) is 12.3 Å². The van der Waals surface area contributed by atoms with Crippen LogP contribution in [-0.2, 0) is 0 Å². The highest BCUT2D eigenvalue weighted by molar-refractivity contribution is 5.87. The van der Waals surface area contributed by atoms with Gasteiger partial charge >= 0.3 is 0 Å². The molecule has 0 fully saturated rings. The van der Waals surface area contributed by atoms with Gasteiger partial charge in [0.25, 0.3) is 0 Å². The molecule has 0 spiro atoms. The van der Waals surface area contributed by atoms with Crippen LogP contribution < -0.4 is 11.5 Å². The average Bonchev–Trinajstić information content (AvgIpc) is 2.47. The Morgan fingerprint density at radius 3 is 2.64 bits per heavy atom. The van der Waals surface area contributed by atoms with Gasteiger partial charge in [-0.2, -0.15) is 9.97 Å². The van der Waals surface area contributed by atoms with Gasteiger partial charge in [-0.25, -0.2) is 0 Å². The third-order valence-electron chi connectivity index (χ3n) is 2.18. The monoisotopic (exact) mass is 191 g/mol. The van der Waals surface area contributed by atoms with Gasteiger partial charge in [-0.1, -0.05) is 0 Å². The number of nitrogen functional groups attached to an aromatic ring is 2. The van der Waals surface area contributed by atoms with Crippen molar-refractivity contribution in [3.8, 4) is 0 Å². The van der Waals surface area contributed by atoms with Gasteiger partial charge in [0.15, 0.2) is 0 Å². The zero-order valence-electron chi connectivity index (χ0n) is 8.23. The second-order valence-corrected chi connectivity index (χ2v) is 3.52. The molecular weight excluding hydrogens is 178 g/mol. The van der Waals surface area contributed by atoms with E-state index in [-0.39, 0.29) is 5.95 Å². The van der Waals surface area contributed by atoms with Crippen molar-refractivity contribution >= 4 is 22.8 Å². The third kappa shape index (κ3) is 1.17. The summed E-state index contributed by atoms with van der Waals surface area (Å²) in [6, 6.07) is 2.24. The van der Waals surface area contributed by atoms with E-state index in [1.807, 2.05) is 16.8 Å². The lowest BCUT2D eigenvalue weighted by molar-refractivity contribution is 0.618. The van der Waals surface area contributed by atoms with Crippen molar-refractivity contribution in [3.05, 3.63) is 12.3 Å². The molecule has 74 valence electrons. The number of rotatable bonds is 1. The van der Waals surface area contributed by atoms with Crippen LogP contribution in [0.2, 0.25) is 0 Å². The zero-order valence-corrected chi connectivity index (χ0v) is 8.23. The number of hydrogen-bond acceptors (Lipinski definition) is 4. The molecule has 0 aliphatic heterocycles. The number of anilines is 2. The van der Waals surface area contributed by atoms with E-state index in [0.29, 0.717) is 11.9 Å². The van der Waals surface area contributed by atoms with Crippen molar-refractivity contribution in [2.75, 3.05) is 11.5 Å². The van der Waals surface area contributed by atoms with Crippen molar-refractivity contribution in [1.82, 2.24) is 14.5 Å². The van der Waals surface area contributed by atoms with Crippen LogP contribution in [0.4, 0.5) is 11.8 Å². The summed E-state index contributed by atoms with van der Waals surface area (Å²) < 4.78 is 2.02. The van der Waals surface area contributed by atoms with Gasteiger partial charge in [-0.15, -0.1) is 0 Å². The maximum Gasteiger partial charge on any atom is 0.223 e. The highest BCUT2D eigenvalue weighted by Gasteiger charge is 2.09. The van der Waals surface area contributed by atoms with Crippen LogP contribution in [0.3, 0.4) is 0 Å². The Balaban J connectivity index is 2.78. The molecule has 0 radical (unpaired) electrons. The molecule has 14 heavy (non-hydrogen) atoms. The van der Waals surface area contributed by atoms with Crippen molar-refractivity contribution in [1.29, 1.82) is 0 Å². The average molecular weight is 191 g/mol. The molecule has 0 unspecified atom stereocenters. The summed E-state index contributed by atoms with van der Waals surface area (Å²) in [4.78, 5) is 8.07. The van der Waals surface area contributed by atoms with Crippen LogP contribution in [0.25, 0.3) is 11.0 Å². The molecule has 2 aromatic heterocycles. The standard InChI is InChI=1S/C9H13N5/c1-5(2)14-4-3-6-7(10)12-9(11)13-8(6)14/h3-5H,1-2H3,(H4,10,11,12,13). The predicted octanol–water partition coefficient (Wildman–Crippen LogP) is 1.18.